The third-order valence-corrected chi connectivity index (χ3v) is 9.76. The molecule has 4 aromatic carbocycles. The Balaban J connectivity index is 0.000000244. The molecule has 0 amide bonds. The largest absolute Gasteiger partial charge is 0.500 e. The number of aryl methyl sites for hydroxylation is 1. The number of fused-ring (bicyclic) bond motifs is 5. The van der Waals surface area contributed by atoms with Crippen LogP contribution >= 0.6 is 0 Å². The Kier molecular flexibility index (Phi) is 9.90. The molecule has 0 fully saturated rings. The number of rotatable bonds is 2. The summed E-state index contributed by atoms with van der Waals surface area (Å²) in [5.41, 5.74) is 10.5. The van der Waals surface area contributed by atoms with Crippen LogP contribution in [0.1, 0.15) is 115 Å². The Morgan fingerprint density at radius 3 is 1.66 bits per heavy atom. The molecule has 3 aromatic heterocycles. The van der Waals surface area contributed by atoms with Crippen molar-refractivity contribution in [3.8, 4) is 22.5 Å². The number of nitrogens with zero attached hydrogens (tertiary/aromatic N) is 2. The minimum Gasteiger partial charge on any atom is -0.500 e. The van der Waals surface area contributed by atoms with Gasteiger partial charge in [0.15, 0.2) is 0 Å². The van der Waals surface area contributed by atoms with Gasteiger partial charge in [-0.1, -0.05) is 149 Å². The zero-order valence-electron chi connectivity index (χ0n) is 36.3. The average Bonchev–Trinajstić information content (AvgIpc) is 3.49. The van der Waals surface area contributed by atoms with Crippen molar-refractivity contribution in [2.45, 2.75) is 112 Å². The van der Waals surface area contributed by atoms with Crippen molar-refractivity contribution in [2.24, 2.45) is 0 Å². The molecule has 7 aromatic rings. The summed E-state index contributed by atoms with van der Waals surface area (Å²) in [4.78, 5) is 9.31. The predicted octanol–water partition coefficient (Wildman–Crippen LogP) is 13.6. The van der Waals surface area contributed by atoms with E-state index in [1.54, 1.807) is 12.1 Å². The minimum atomic E-state index is -2.08. The molecule has 0 spiro atoms. The standard InChI is InChI=1S/C33H36NO.C16H18N.Ir/c1-31(2,3)21-12-10-20-11-14-24-26-17-23(33(7,8)9)18-27(30(26)35-29(24)25(20)16-21)28-15-13-22(19-34-28)32(4,5)6;1-12-5-7-13(8-6-12)15-10-9-14(11-17-15)16(2,3)4;/h10-17,19H,1-9H3;5-7,9-11H,1-4H3;/q2*-1;/i;1D3;. The van der Waals surface area contributed by atoms with Gasteiger partial charge in [0.25, 0.3) is 0 Å². The van der Waals surface area contributed by atoms with E-state index in [-0.39, 0.29) is 41.8 Å². The van der Waals surface area contributed by atoms with Crippen molar-refractivity contribution in [1.29, 1.82) is 0 Å². The van der Waals surface area contributed by atoms with Crippen molar-refractivity contribution in [3.05, 3.63) is 131 Å². The van der Waals surface area contributed by atoms with E-state index in [1.807, 2.05) is 24.5 Å². The van der Waals surface area contributed by atoms with Gasteiger partial charge in [-0.25, -0.2) is 0 Å². The van der Waals surface area contributed by atoms with Gasteiger partial charge in [-0.05, 0) is 61.2 Å². The summed E-state index contributed by atoms with van der Waals surface area (Å²) in [5.74, 6) is 0. The summed E-state index contributed by atoms with van der Waals surface area (Å²) >= 11 is 0. The molecule has 1 radical (unpaired) electrons. The van der Waals surface area contributed by atoms with Crippen molar-refractivity contribution < 1.29 is 28.6 Å². The molecule has 53 heavy (non-hydrogen) atoms. The summed E-state index contributed by atoms with van der Waals surface area (Å²) < 4.78 is 28.7. The van der Waals surface area contributed by atoms with Crippen LogP contribution in [-0.2, 0) is 41.8 Å². The van der Waals surface area contributed by atoms with Crippen molar-refractivity contribution in [1.82, 2.24) is 9.97 Å². The molecule has 3 nitrogen and oxygen atoms in total. The molecule has 3 heterocycles. The fraction of sp³-hybridized carbons (Fsp3) is 0.347. The molecule has 0 saturated heterocycles. The second kappa shape index (κ2) is 14.6. The number of hydrogen-bond donors (Lipinski definition) is 0. The Morgan fingerprint density at radius 2 is 1.15 bits per heavy atom. The van der Waals surface area contributed by atoms with Gasteiger partial charge in [-0.2, -0.15) is 0 Å². The van der Waals surface area contributed by atoms with E-state index in [9.17, 15) is 0 Å². The number of benzene rings is 4. The number of hydrogen-bond acceptors (Lipinski definition) is 3. The van der Waals surface area contributed by atoms with Crippen LogP contribution in [0.25, 0.3) is 55.2 Å². The Labute approximate surface area is 335 Å². The van der Waals surface area contributed by atoms with Gasteiger partial charge in [-0.3, -0.25) is 0 Å². The first-order valence-corrected chi connectivity index (χ1v) is 18.2. The molecule has 0 aliphatic carbocycles. The van der Waals surface area contributed by atoms with E-state index in [1.165, 1.54) is 28.1 Å². The van der Waals surface area contributed by atoms with Crippen LogP contribution in [0.4, 0.5) is 0 Å². The summed E-state index contributed by atoms with van der Waals surface area (Å²) in [7, 11) is 0. The van der Waals surface area contributed by atoms with E-state index >= 15 is 0 Å². The maximum atomic E-state index is 7.34. The van der Waals surface area contributed by atoms with E-state index < -0.39 is 6.85 Å². The van der Waals surface area contributed by atoms with E-state index in [0.29, 0.717) is 5.56 Å². The Bertz CT molecular complexity index is 2410. The molecule has 0 N–H and O–H groups in total. The van der Waals surface area contributed by atoms with Crippen LogP contribution in [0.3, 0.4) is 0 Å². The van der Waals surface area contributed by atoms with E-state index in [2.05, 4.69) is 149 Å². The molecule has 4 heteroatoms. The van der Waals surface area contributed by atoms with Crippen LogP contribution in [0.2, 0.25) is 0 Å². The molecule has 0 aliphatic rings. The van der Waals surface area contributed by atoms with Crippen LogP contribution in [0.5, 0.6) is 0 Å². The summed E-state index contributed by atoms with van der Waals surface area (Å²) in [5, 5.41) is 4.62. The smallest absolute Gasteiger partial charge is 0.128 e. The summed E-state index contributed by atoms with van der Waals surface area (Å²) in [6, 6.07) is 33.3. The molecular weight excluding hydrogens is 825 g/mol. The van der Waals surface area contributed by atoms with Crippen LogP contribution in [-0.4, -0.2) is 9.97 Å². The number of aromatic nitrogens is 2. The topological polar surface area (TPSA) is 38.9 Å². The predicted molar refractivity (Wildman–Crippen MR) is 221 cm³/mol. The molecule has 0 saturated carbocycles. The fourth-order valence-electron chi connectivity index (χ4n) is 6.21. The monoisotopic (exact) mass is 882 g/mol. The first kappa shape index (κ1) is 35.9. The summed E-state index contributed by atoms with van der Waals surface area (Å²) in [6.45, 7) is 24.4. The maximum Gasteiger partial charge on any atom is 0.128 e. The first-order chi connectivity index (χ1) is 25.4. The molecule has 0 atom stereocenters. The average molecular weight is 882 g/mol. The van der Waals surface area contributed by atoms with E-state index in [0.717, 1.165) is 55.4 Å². The van der Waals surface area contributed by atoms with Crippen molar-refractivity contribution in [2.75, 3.05) is 0 Å². The summed E-state index contributed by atoms with van der Waals surface area (Å²) in [6.07, 6.45) is 3.85. The van der Waals surface area contributed by atoms with Crippen molar-refractivity contribution in [3.63, 3.8) is 0 Å². The van der Waals surface area contributed by atoms with Crippen molar-refractivity contribution >= 4 is 32.7 Å². The third-order valence-electron chi connectivity index (χ3n) is 9.76. The first-order valence-electron chi connectivity index (χ1n) is 19.7. The molecule has 7 rings (SSSR count). The minimum absolute atomic E-state index is 0. The molecule has 0 bridgehead atoms. The zero-order chi connectivity index (χ0) is 40.3. The van der Waals surface area contributed by atoms with Crippen LogP contribution in [0, 0.1) is 19.0 Å². The van der Waals surface area contributed by atoms with E-state index in [4.69, 9.17) is 13.5 Å². The van der Waals surface area contributed by atoms with Crippen LogP contribution < -0.4 is 0 Å². The quantitative estimate of drug-likeness (QED) is 0.162. The van der Waals surface area contributed by atoms with Gasteiger partial charge in [0.2, 0.25) is 0 Å². The number of pyridine rings is 2. The SMILES string of the molecule is CC(C)(C)c1[c-]c(-c2ccc(C(C)(C)C)cn2)c2oc3c4cc(C(C)(C)C)ccc4ccc3c2c1.[2H]C([2H])([2H])c1c[c-]c(-c2ccc(C(C)(C)C)cn2)cc1.[Ir]. The molecule has 0 unspecified atom stereocenters. The molecule has 0 aliphatic heterocycles. The maximum absolute atomic E-state index is 7.34. The number of furan rings is 1. The Morgan fingerprint density at radius 1 is 0.566 bits per heavy atom. The fourth-order valence-corrected chi connectivity index (χ4v) is 6.21. The molecule has 277 valence electrons. The zero-order valence-corrected chi connectivity index (χ0v) is 35.7. The van der Waals surface area contributed by atoms with Gasteiger partial charge < -0.3 is 14.4 Å². The second-order valence-electron chi connectivity index (χ2n) is 18.1. The Hall–Kier alpha value is -4.11. The van der Waals surface area contributed by atoms with Gasteiger partial charge in [0.1, 0.15) is 5.58 Å². The van der Waals surface area contributed by atoms with Gasteiger partial charge in [-0.15, -0.1) is 53.1 Å². The van der Waals surface area contributed by atoms with Gasteiger partial charge in [0.05, 0.1) is 5.58 Å². The van der Waals surface area contributed by atoms with Gasteiger partial charge >= 0.3 is 0 Å². The van der Waals surface area contributed by atoms with Gasteiger partial charge in [0, 0.05) is 47.4 Å². The normalized spacial score (nSPS) is 13.5. The third kappa shape index (κ3) is 8.66. The molecular formula is C49H54IrN2O-2. The van der Waals surface area contributed by atoms with Crippen LogP contribution in [0.15, 0.2) is 95.7 Å². The second-order valence-corrected chi connectivity index (χ2v) is 18.1.